The number of benzene rings is 1. The Morgan fingerprint density at radius 2 is 2.00 bits per heavy atom. The first kappa shape index (κ1) is 16.8. The third-order valence-electron chi connectivity index (χ3n) is 4.86. The van der Waals surface area contributed by atoms with Crippen LogP contribution >= 0.6 is 0 Å². The lowest BCUT2D eigenvalue weighted by Gasteiger charge is -2.23. The highest BCUT2D eigenvalue weighted by molar-refractivity contribution is 6.05. The first-order valence-electron chi connectivity index (χ1n) is 9.24. The summed E-state index contributed by atoms with van der Waals surface area (Å²) in [5, 5.41) is 5.31. The van der Waals surface area contributed by atoms with Crippen LogP contribution in [0.5, 0.6) is 0 Å². The summed E-state index contributed by atoms with van der Waals surface area (Å²) in [6, 6.07) is 12.6. The summed E-state index contributed by atoms with van der Waals surface area (Å²) >= 11 is 0. The third-order valence-corrected chi connectivity index (χ3v) is 4.86. The second-order valence-electron chi connectivity index (χ2n) is 7.38. The number of hydrogen-bond acceptors (Lipinski definition) is 3. The van der Waals surface area contributed by atoms with Crippen molar-refractivity contribution in [3.8, 4) is 0 Å². The molecule has 3 aromatic rings. The lowest BCUT2D eigenvalue weighted by atomic mass is 10.1. The van der Waals surface area contributed by atoms with Crippen molar-refractivity contribution < 1.29 is 4.79 Å². The number of amides is 1. The van der Waals surface area contributed by atoms with Crippen LogP contribution < -0.4 is 0 Å². The molecule has 0 unspecified atom stereocenters. The first-order chi connectivity index (χ1) is 12.5. The van der Waals surface area contributed by atoms with Gasteiger partial charge in [0.15, 0.2) is 5.65 Å². The highest BCUT2D eigenvalue weighted by Gasteiger charge is 2.34. The molecule has 0 atom stereocenters. The molecule has 26 heavy (non-hydrogen) atoms. The van der Waals surface area contributed by atoms with Crippen LogP contribution in [0.25, 0.3) is 11.0 Å². The predicted octanol–water partition coefficient (Wildman–Crippen LogP) is 4.13. The molecule has 0 saturated heterocycles. The molecule has 5 nitrogen and oxygen atoms in total. The molecule has 0 aliphatic heterocycles. The fourth-order valence-corrected chi connectivity index (χ4v) is 3.39. The average Bonchev–Trinajstić information content (AvgIpc) is 3.38. The number of carbonyl (C=O) groups excluding carboxylic acids is 1. The second-order valence-corrected chi connectivity index (χ2v) is 7.38. The van der Waals surface area contributed by atoms with E-state index in [2.05, 4.69) is 36.1 Å². The number of carbonyl (C=O) groups is 1. The minimum Gasteiger partial charge on any atom is -0.331 e. The molecule has 1 amide bonds. The maximum atomic E-state index is 13.4. The van der Waals surface area contributed by atoms with Crippen molar-refractivity contribution in [3.05, 3.63) is 59.4 Å². The van der Waals surface area contributed by atoms with E-state index in [1.165, 1.54) is 0 Å². The molecule has 134 valence electrons. The largest absolute Gasteiger partial charge is 0.331 e. The summed E-state index contributed by atoms with van der Waals surface area (Å²) in [5.74, 6) is 0.0789. The first-order valence-corrected chi connectivity index (χ1v) is 9.24. The highest BCUT2D eigenvalue weighted by Crippen LogP contribution is 2.31. The molecule has 2 aromatic heterocycles. The molecule has 1 aliphatic carbocycles. The van der Waals surface area contributed by atoms with Gasteiger partial charge in [-0.05, 0) is 45.2 Å². The lowest BCUT2D eigenvalue weighted by molar-refractivity contribution is 0.0731. The van der Waals surface area contributed by atoms with Crippen molar-refractivity contribution in [1.29, 1.82) is 0 Å². The topological polar surface area (TPSA) is 51.0 Å². The number of nitrogens with zero attached hydrogens (tertiary/aromatic N) is 4. The zero-order valence-corrected chi connectivity index (χ0v) is 15.5. The zero-order chi connectivity index (χ0) is 18.3. The smallest absolute Gasteiger partial charge is 0.255 e. The molecular formula is C21H24N4O. The van der Waals surface area contributed by atoms with E-state index in [-0.39, 0.29) is 11.9 Å². The van der Waals surface area contributed by atoms with Crippen LogP contribution in [0.3, 0.4) is 0 Å². The van der Waals surface area contributed by atoms with Crippen LogP contribution in [0, 0.1) is 6.92 Å². The molecule has 1 saturated carbocycles. The van der Waals surface area contributed by atoms with Crippen molar-refractivity contribution >= 4 is 16.9 Å². The van der Waals surface area contributed by atoms with Crippen molar-refractivity contribution in [2.75, 3.05) is 0 Å². The maximum Gasteiger partial charge on any atom is 0.255 e. The summed E-state index contributed by atoms with van der Waals surface area (Å²) in [4.78, 5) is 20.1. The van der Waals surface area contributed by atoms with Gasteiger partial charge in [0.05, 0.1) is 17.1 Å². The van der Waals surface area contributed by atoms with E-state index < -0.39 is 0 Å². The summed E-state index contributed by atoms with van der Waals surface area (Å²) in [7, 11) is 0. The number of fused-ring (bicyclic) bond motifs is 1. The van der Waals surface area contributed by atoms with Gasteiger partial charge in [0.1, 0.15) is 0 Å². The van der Waals surface area contributed by atoms with E-state index in [1.54, 1.807) is 6.20 Å². The molecule has 2 heterocycles. The van der Waals surface area contributed by atoms with E-state index in [4.69, 9.17) is 0 Å². The van der Waals surface area contributed by atoms with E-state index >= 15 is 0 Å². The lowest BCUT2D eigenvalue weighted by Crippen LogP contribution is -2.32. The fourth-order valence-electron chi connectivity index (χ4n) is 3.39. The Morgan fingerprint density at radius 3 is 2.65 bits per heavy atom. The van der Waals surface area contributed by atoms with Gasteiger partial charge in [0.25, 0.3) is 5.91 Å². The number of aromatic nitrogens is 3. The minimum absolute atomic E-state index is 0.0789. The van der Waals surface area contributed by atoms with Crippen molar-refractivity contribution in [1.82, 2.24) is 19.7 Å². The van der Waals surface area contributed by atoms with Gasteiger partial charge in [-0.1, -0.05) is 30.3 Å². The van der Waals surface area contributed by atoms with Gasteiger partial charge in [-0.25, -0.2) is 9.67 Å². The van der Waals surface area contributed by atoms with Crippen LogP contribution in [-0.2, 0) is 6.54 Å². The molecule has 1 fully saturated rings. The molecule has 0 bridgehead atoms. The molecule has 0 radical (unpaired) electrons. The third kappa shape index (κ3) is 3.09. The van der Waals surface area contributed by atoms with Crippen LogP contribution in [0.4, 0.5) is 0 Å². The summed E-state index contributed by atoms with van der Waals surface area (Å²) in [6.07, 6.45) is 3.94. The van der Waals surface area contributed by atoms with Crippen LogP contribution in [0.2, 0.25) is 0 Å². The van der Waals surface area contributed by atoms with E-state index in [0.717, 1.165) is 35.1 Å². The highest BCUT2D eigenvalue weighted by atomic mass is 16.2. The molecule has 0 N–H and O–H groups in total. The molecule has 1 aromatic carbocycles. The summed E-state index contributed by atoms with van der Waals surface area (Å²) < 4.78 is 1.89. The molecule has 5 heteroatoms. The number of aryl methyl sites for hydroxylation is 1. The average molecular weight is 348 g/mol. The number of pyridine rings is 1. The molecular weight excluding hydrogens is 324 g/mol. The van der Waals surface area contributed by atoms with Gasteiger partial charge in [-0.3, -0.25) is 4.79 Å². The zero-order valence-electron chi connectivity index (χ0n) is 15.5. The van der Waals surface area contributed by atoms with Gasteiger partial charge in [-0.2, -0.15) is 5.10 Å². The Balaban J connectivity index is 1.74. The number of hydrogen-bond donors (Lipinski definition) is 0. The van der Waals surface area contributed by atoms with Crippen LogP contribution in [0.1, 0.15) is 54.3 Å². The Kier molecular flexibility index (Phi) is 4.23. The Hall–Kier alpha value is -2.69. The van der Waals surface area contributed by atoms with Crippen LogP contribution in [-0.4, -0.2) is 31.6 Å². The Bertz CT molecular complexity index is 941. The Morgan fingerprint density at radius 1 is 1.27 bits per heavy atom. The maximum absolute atomic E-state index is 13.4. The SMILES string of the molecule is Cc1cc(C(=O)N(Cc2ccccc2)C2CC2)c2cnn(C(C)C)c2n1. The quantitative estimate of drug-likeness (QED) is 0.697. The van der Waals surface area contributed by atoms with Gasteiger partial charge >= 0.3 is 0 Å². The standard InChI is InChI=1S/C21H24N4O/c1-14(2)25-20-19(12-22-25)18(11-15(3)23-20)21(26)24(17-9-10-17)13-16-7-5-4-6-8-16/h4-8,11-12,14,17H,9-10,13H2,1-3H3. The van der Waals surface area contributed by atoms with Gasteiger partial charge in [0, 0.05) is 24.3 Å². The predicted molar refractivity (Wildman–Crippen MR) is 102 cm³/mol. The van der Waals surface area contributed by atoms with Crippen molar-refractivity contribution in [2.45, 2.75) is 52.2 Å². The second kappa shape index (κ2) is 6.56. The minimum atomic E-state index is 0.0789. The van der Waals surface area contributed by atoms with E-state index in [1.807, 2.05) is 40.8 Å². The summed E-state index contributed by atoms with van der Waals surface area (Å²) in [6.45, 7) is 6.73. The monoisotopic (exact) mass is 348 g/mol. The van der Waals surface area contributed by atoms with Crippen molar-refractivity contribution in [2.24, 2.45) is 0 Å². The summed E-state index contributed by atoms with van der Waals surface area (Å²) in [5.41, 5.74) is 3.51. The molecule has 0 spiro atoms. The van der Waals surface area contributed by atoms with Gasteiger partial charge in [0.2, 0.25) is 0 Å². The normalized spacial score (nSPS) is 14.2. The van der Waals surface area contributed by atoms with Crippen molar-refractivity contribution in [3.63, 3.8) is 0 Å². The number of rotatable bonds is 5. The van der Waals surface area contributed by atoms with Gasteiger partial charge in [-0.15, -0.1) is 0 Å². The molecule has 4 rings (SSSR count). The van der Waals surface area contributed by atoms with E-state index in [0.29, 0.717) is 18.2 Å². The fraction of sp³-hybridized carbons (Fsp3) is 0.381. The Labute approximate surface area is 153 Å². The van der Waals surface area contributed by atoms with Crippen LogP contribution in [0.15, 0.2) is 42.6 Å². The molecule has 1 aliphatic rings. The van der Waals surface area contributed by atoms with Gasteiger partial charge < -0.3 is 4.90 Å². The van der Waals surface area contributed by atoms with E-state index in [9.17, 15) is 4.79 Å².